The second-order valence-electron chi connectivity index (χ2n) is 4.73. The Morgan fingerprint density at radius 3 is 2.90 bits per heavy atom. The molecule has 0 bridgehead atoms. The fraction of sp³-hybridized carbons (Fsp3) is 0.133. The largest absolute Gasteiger partial charge is 0.393 e. The lowest BCUT2D eigenvalue weighted by molar-refractivity contribution is 1.06. The summed E-state index contributed by atoms with van der Waals surface area (Å²) in [4.78, 5) is 9.30. The van der Waals surface area contributed by atoms with Crippen molar-refractivity contribution in [1.29, 1.82) is 0 Å². The van der Waals surface area contributed by atoms with Crippen LogP contribution >= 0.6 is 12.2 Å². The van der Waals surface area contributed by atoms with Gasteiger partial charge < -0.3 is 10.1 Å². The van der Waals surface area contributed by atoms with E-state index in [0.717, 1.165) is 28.2 Å². The Balaban J connectivity index is 2.28. The molecule has 5 heteroatoms. The number of fused-ring (bicyclic) bond motifs is 1. The van der Waals surface area contributed by atoms with Gasteiger partial charge in [-0.3, -0.25) is 4.98 Å². The minimum absolute atomic E-state index is 0.457. The van der Waals surface area contributed by atoms with Crippen LogP contribution in [-0.4, -0.2) is 19.4 Å². The van der Waals surface area contributed by atoms with E-state index in [9.17, 15) is 0 Å². The maximum absolute atomic E-state index is 5.73. The Morgan fingerprint density at radius 2 is 2.20 bits per heavy atom. The number of imidazole rings is 1. The highest BCUT2D eigenvalue weighted by atomic mass is 32.1. The van der Waals surface area contributed by atoms with Crippen LogP contribution in [0.4, 0.5) is 0 Å². The van der Waals surface area contributed by atoms with Crippen molar-refractivity contribution in [2.75, 3.05) is 0 Å². The van der Waals surface area contributed by atoms with E-state index >= 15 is 0 Å². The molecule has 0 atom stereocenters. The first-order chi connectivity index (χ1) is 9.65. The van der Waals surface area contributed by atoms with Crippen LogP contribution in [0, 0.1) is 6.92 Å². The van der Waals surface area contributed by atoms with Crippen molar-refractivity contribution in [3.05, 3.63) is 54.1 Å². The normalized spacial score (nSPS) is 10.8. The molecule has 3 rings (SSSR count). The van der Waals surface area contributed by atoms with Crippen LogP contribution in [0.3, 0.4) is 0 Å². The molecule has 0 amide bonds. The monoisotopic (exact) mass is 282 g/mol. The van der Waals surface area contributed by atoms with Gasteiger partial charge in [-0.1, -0.05) is 18.3 Å². The van der Waals surface area contributed by atoms with E-state index in [1.807, 2.05) is 31.2 Å². The van der Waals surface area contributed by atoms with E-state index in [1.54, 1.807) is 12.4 Å². The maximum atomic E-state index is 5.73. The van der Waals surface area contributed by atoms with Crippen LogP contribution in [0.1, 0.15) is 11.3 Å². The third kappa shape index (κ3) is 2.28. The molecule has 0 unspecified atom stereocenters. The summed E-state index contributed by atoms with van der Waals surface area (Å²) >= 11 is 5.07. The van der Waals surface area contributed by atoms with E-state index < -0.39 is 0 Å². The summed E-state index contributed by atoms with van der Waals surface area (Å²) in [6.45, 7) is 2.05. The van der Waals surface area contributed by atoms with Gasteiger partial charge in [0.1, 0.15) is 5.65 Å². The summed E-state index contributed by atoms with van der Waals surface area (Å²) in [5.74, 6) is 0. The molecule has 0 aromatic carbocycles. The predicted molar refractivity (Wildman–Crippen MR) is 83.6 cm³/mol. The molecule has 3 aromatic heterocycles. The van der Waals surface area contributed by atoms with Crippen molar-refractivity contribution in [2.45, 2.75) is 13.3 Å². The third-order valence-corrected chi connectivity index (χ3v) is 3.29. The first kappa shape index (κ1) is 12.7. The Hall–Kier alpha value is -2.27. The van der Waals surface area contributed by atoms with Crippen molar-refractivity contribution in [3.8, 4) is 11.3 Å². The molecular formula is C15H14N4S. The SMILES string of the molecule is Cc1ccc2nc(-c3cccnc3)c(CC(N)=S)n2c1. The van der Waals surface area contributed by atoms with Gasteiger partial charge in [-0.15, -0.1) is 0 Å². The minimum atomic E-state index is 0.457. The van der Waals surface area contributed by atoms with Gasteiger partial charge in [-0.25, -0.2) is 4.98 Å². The zero-order chi connectivity index (χ0) is 14.1. The smallest absolute Gasteiger partial charge is 0.137 e. The number of nitrogens with two attached hydrogens (primary N) is 1. The maximum Gasteiger partial charge on any atom is 0.137 e. The van der Waals surface area contributed by atoms with Gasteiger partial charge in [-0.2, -0.15) is 0 Å². The van der Waals surface area contributed by atoms with Crippen molar-refractivity contribution in [2.24, 2.45) is 5.73 Å². The summed E-state index contributed by atoms with van der Waals surface area (Å²) in [7, 11) is 0. The van der Waals surface area contributed by atoms with Gasteiger partial charge in [0.05, 0.1) is 16.4 Å². The highest BCUT2D eigenvalue weighted by Crippen LogP contribution is 2.24. The number of hydrogen-bond acceptors (Lipinski definition) is 3. The number of pyridine rings is 2. The molecule has 3 heterocycles. The molecule has 0 radical (unpaired) electrons. The average Bonchev–Trinajstić information content (AvgIpc) is 2.77. The molecule has 0 aliphatic carbocycles. The fourth-order valence-corrected chi connectivity index (χ4v) is 2.40. The lowest BCUT2D eigenvalue weighted by Crippen LogP contribution is -2.13. The highest BCUT2D eigenvalue weighted by Gasteiger charge is 2.14. The van der Waals surface area contributed by atoms with Crippen LogP contribution < -0.4 is 5.73 Å². The van der Waals surface area contributed by atoms with Crippen LogP contribution in [0.25, 0.3) is 16.9 Å². The highest BCUT2D eigenvalue weighted by molar-refractivity contribution is 7.80. The van der Waals surface area contributed by atoms with Gasteiger partial charge in [-0.05, 0) is 30.7 Å². The Morgan fingerprint density at radius 1 is 1.35 bits per heavy atom. The first-order valence-corrected chi connectivity index (χ1v) is 6.72. The number of aryl methyl sites for hydroxylation is 1. The second-order valence-corrected chi connectivity index (χ2v) is 5.25. The van der Waals surface area contributed by atoms with Gasteiger partial charge in [0.2, 0.25) is 0 Å². The Kier molecular flexibility index (Phi) is 3.20. The molecule has 0 aliphatic rings. The van der Waals surface area contributed by atoms with E-state index in [2.05, 4.69) is 20.6 Å². The fourth-order valence-electron chi connectivity index (χ4n) is 2.27. The summed E-state index contributed by atoms with van der Waals surface area (Å²) < 4.78 is 2.05. The third-order valence-electron chi connectivity index (χ3n) is 3.14. The van der Waals surface area contributed by atoms with Gasteiger partial charge in [0.15, 0.2) is 0 Å². The first-order valence-electron chi connectivity index (χ1n) is 6.31. The van der Waals surface area contributed by atoms with Crippen molar-refractivity contribution in [3.63, 3.8) is 0 Å². The molecule has 0 spiro atoms. The van der Waals surface area contributed by atoms with E-state index in [1.165, 1.54) is 0 Å². The quantitative estimate of drug-likeness (QED) is 0.750. The van der Waals surface area contributed by atoms with Gasteiger partial charge in [0.25, 0.3) is 0 Å². The molecule has 100 valence electrons. The molecular weight excluding hydrogens is 268 g/mol. The number of aromatic nitrogens is 3. The molecule has 3 aromatic rings. The van der Waals surface area contributed by atoms with Crippen LogP contribution in [0.2, 0.25) is 0 Å². The lowest BCUT2D eigenvalue weighted by atomic mass is 10.1. The molecule has 4 nitrogen and oxygen atoms in total. The Labute approximate surface area is 122 Å². The average molecular weight is 282 g/mol. The number of nitrogens with zero attached hydrogens (tertiary/aromatic N) is 3. The number of hydrogen-bond donors (Lipinski definition) is 1. The van der Waals surface area contributed by atoms with Crippen LogP contribution in [0.15, 0.2) is 42.9 Å². The number of rotatable bonds is 3. The minimum Gasteiger partial charge on any atom is -0.393 e. The predicted octanol–water partition coefficient (Wildman–Crippen LogP) is 2.53. The van der Waals surface area contributed by atoms with Gasteiger partial charge in [0, 0.05) is 30.6 Å². The molecule has 20 heavy (non-hydrogen) atoms. The van der Waals surface area contributed by atoms with E-state index in [4.69, 9.17) is 18.0 Å². The van der Waals surface area contributed by atoms with E-state index in [0.29, 0.717) is 11.4 Å². The lowest BCUT2D eigenvalue weighted by Gasteiger charge is -2.04. The van der Waals surface area contributed by atoms with E-state index in [-0.39, 0.29) is 0 Å². The molecule has 0 aliphatic heterocycles. The van der Waals surface area contributed by atoms with Crippen molar-refractivity contribution >= 4 is 22.9 Å². The van der Waals surface area contributed by atoms with Gasteiger partial charge >= 0.3 is 0 Å². The zero-order valence-electron chi connectivity index (χ0n) is 11.1. The Bertz CT molecular complexity index is 777. The van der Waals surface area contributed by atoms with Crippen LogP contribution in [0.5, 0.6) is 0 Å². The summed E-state index contributed by atoms with van der Waals surface area (Å²) in [6.07, 6.45) is 6.12. The molecule has 0 fully saturated rings. The zero-order valence-corrected chi connectivity index (χ0v) is 11.9. The van der Waals surface area contributed by atoms with Crippen molar-refractivity contribution in [1.82, 2.24) is 14.4 Å². The van der Waals surface area contributed by atoms with Crippen LogP contribution in [-0.2, 0) is 6.42 Å². The van der Waals surface area contributed by atoms with Crippen molar-refractivity contribution < 1.29 is 0 Å². The second kappa shape index (κ2) is 5.02. The topological polar surface area (TPSA) is 56.2 Å². The standard InChI is InChI=1S/C15H14N4S/c1-10-4-5-14-18-15(11-3-2-6-17-8-11)12(7-13(16)20)19(14)9-10/h2-6,8-9H,7H2,1H3,(H2,16,20). The summed E-state index contributed by atoms with van der Waals surface area (Å²) in [6, 6.07) is 7.93. The summed E-state index contributed by atoms with van der Waals surface area (Å²) in [5.41, 5.74) is 10.6. The molecule has 2 N–H and O–H groups in total. The number of thiocarbonyl (C=S) groups is 1. The molecule has 0 saturated heterocycles. The molecule has 0 saturated carbocycles. The summed E-state index contributed by atoms with van der Waals surface area (Å²) in [5, 5.41) is 0.